The summed E-state index contributed by atoms with van der Waals surface area (Å²) in [4.78, 5) is 0. The summed E-state index contributed by atoms with van der Waals surface area (Å²) in [7, 11) is 0. The molecule has 0 saturated heterocycles. The van der Waals surface area contributed by atoms with Gasteiger partial charge in [0.25, 0.3) is 0 Å². The van der Waals surface area contributed by atoms with Gasteiger partial charge in [0.15, 0.2) is 0 Å². The minimum Gasteiger partial charge on any atom is -0.392 e. The van der Waals surface area contributed by atoms with E-state index in [0.29, 0.717) is 0 Å². The van der Waals surface area contributed by atoms with E-state index in [9.17, 15) is 0 Å². The van der Waals surface area contributed by atoms with Crippen LogP contribution in [-0.2, 0) is 6.61 Å². The molecule has 2 N–H and O–H groups in total. The van der Waals surface area contributed by atoms with E-state index in [0.717, 1.165) is 11.1 Å². The van der Waals surface area contributed by atoms with Crippen molar-refractivity contribution in [3.63, 3.8) is 0 Å². The van der Waals surface area contributed by atoms with E-state index >= 15 is 0 Å². The highest BCUT2D eigenvalue weighted by molar-refractivity contribution is 5.24. The fraction of sp³-hybridized carbons (Fsp3) is 0.333. The summed E-state index contributed by atoms with van der Waals surface area (Å²) in [6.07, 6.45) is -0.457. The van der Waals surface area contributed by atoms with Crippen LogP contribution in [0, 0.1) is 0 Å². The first kappa shape index (κ1) is 8.24. The van der Waals surface area contributed by atoms with Crippen LogP contribution in [0.4, 0.5) is 0 Å². The van der Waals surface area contributed by atoms with Gasteiger partial charge in [-0.25, -0.2) is 0 Å². The number of hydrogen-bond acceptors (Lipinski definition) is 2. The average Bonchev–Trinajstić information content (AvgIpc) is 2.05. The Kier molecular flexibility index (Phi) is 2.63. The molecule has 1 aromatic rings. The SMILES string of the molecule is CC(O)c1cccc(CO)c1. The van der Waals surface area contributed by atoms with E-state index in [4.69, 9.17) is 10.2 Å². The van der Waals surface area contributed by atoms with Gasteiger partial charge in [-0.05, 0) is 18.1 Å². The van der Waals surface area contributed by atoms with Gasteiger partial charge in [-0.3, -0.25) is 0 Å². The average molecular weight is 152 g/mol. The number of benzene rings is 1. The smallest absolute Gasteiger partial charge is 0.0762 e. The van der Waals surface area contributed by atoms with E-state index < -0.39 is 6.10 Å². The van der Waals surface area contributed by atoms with E-state index in [1.807, 2.05) is 18.2 Å². The maximum absolute atomic E-state index is 9.16. The van der Waals surface area contributed by atoms with Crippen molar-refractivity contribution in [2.45, 2.75) is 19.6 Å². The Morgan fingerprint density at radius 3 is 2.73 bits per heavy atom. The van der Waals surface area contributed by atoms with Crippen molar-refractivity contribution in [1.82, 2.24) is 0 Å². The molecule has 1 unspecified atom stereocenters. The van der Waals surface area contributed by atoms with Crippen molar-refractivity contribution in [2.24, 2.45) is 0 Å². The molecular weight excluding hydrogens is 140 g/mol. The van der Waals surface area contributed by atoms with E-state index in [1.54, 1.807) is 13.0 Å². The zero-order valence-corrected chi connectivity index (χ0v) is 6.49. The molecule has 0 radical (unpaired) electrons. The third-order valence-electron chi connectivity index (χ3n) is 1.62. The van der Waals surface area contributed by atoms with Gasteiger partial charge in [-0.2, -0.15) is 0 Å². The molecule has 0 aromatic heterocycles. The topological polar surface area (TPSA) is 40.5 Å². The highest BCUT2D eigenvalue weighted by Crippen LogP contribution is 2.13. The van der Waals surface area contributed by atoms with Crippen molar-refractivity contribution in [3.8, 4) is 0 Å². The third-order valence-corrected chi connectivity index (χ3v) is 1.62. The van der Waals surface area contributed by atoms with Crippen LogP contribution in [0.15, 0.2) is 24.3 Å². The van der Waals surface area contributed by atoms with Gasteiger partial charge < -0.3 is 10.2 Å². The maximum atomic E-state index is 9.16. The molecule has 0 spiro atoms. The lowest BCUT2D eigenvalue weighted by Gasteiger charge is -2.04. The number of aliphatic hydroxyl groups excluding tert-OH is 2. The zero-order valence-electron chi connectivity index (χ0n) is 6.49. The largest absolute Gasteiger partial charge is 0.392 e. The molecule has 11 heavy (non-hydrogen) atoms. The van der Waals surface area contributed by atoms with Crippen molar-refractivity contribution in [3.05, 3.63) is 35.4 Å². The van der Waals surface area contributed by atoms with Crippen molar-refractivity contribution in [1.29, 1.82) is 0 Å². The van der Waals surface area contributed by atoms with Gasteiger partial charge in [-0.1, -0.05) is 24.3 Å². The van der Waals surface area contributed by atoms with Gasteiger partial charge >= 0.3 is 0 Å². The number of aliphatic hydroxyl groups is 2. The van der Waals surface area contributed by atoms with Crippen molar-refractivity contribution in [2.75, 3.05) is 0 Å². The molecule has 0 aliphatic rings. The number of hydrogen-bond donors (Lipinski definition) is 2. The Morgan fingerprint density at radius 2 is 2.18 bits per heavy atom. The summed E-state index contributed by atoms with van der Waals surface area (Å²) in [5.41, 5.74) is 1.68. The molecule has 60 valence electrons. The third kappa shape index (κ3) is 2.03. The Morgan fingerprint density at radius 1 is 1.45 bits per heavy atom. The first-order chi connectivity index (χ1) is 5.24. The van der Waals surface area contributed by atoms with Crippen LogP contribution in [-0.4, -0.2) is 10.2 Å². The van der Waals surface area contributed by atoms with Crippen LogP contribution >= 0.6 is 0 Å². The van der Waals surface area contributed by atoms with Gasteiger partial charge in [0.1, 0.15) is 0 Å². The summed E-state index contributed by atoms with van der Waals surface area (Å²) in [6.45, 7) is 1.73. The quantitative estimate of drug-likeness (QED) is 0.669. The van der Waals surface area contributed by atoms with Crippen LogP contribution in [0.5, 0.6) is 0 Å². The highest BCUT2D eigenvalue weighted by atomic mass is 16.3. The lowest BCUT2D eigenvalue weighted by molar-refractivity contribution is 0.199. The normalized spacial score (nSPS) is 13.0. The monoisotopic (exact) mass is 152 g/mol. The van der Waals surface area contributed by atoms with E-state index in [-0.39, 0.29) is 6.61 Å². The van der Waals surface area contributed by atoms with Gasteiger partial charge in [-0.15, -0.1) is 0 Å². The first-order valence-corrected chi connectivity index (χ1v) is 3.62. The van der Waals surface area contributed by atoms with Crippen LogP contribution in [0.3, 0.4) is 0 Å². The second-order valence-electron chi connectivity index (χ2n) is 2.58. The fourth-order valence-corrected chi connectivity index (χ4v) is 0.951. The highest BCUT2D eigenvalue weighted by Gasteiger charge is 1.99. The predicted molar refractivity (Wildman–Crippen MR) is 43.0 cm³/mol. The predicted octanol–water partition coefficient (Wildman–Crippen LogP) is 1.23. The lowest BCUT2D eigenvalue weighted by Crippen LogP contribution is -1.92. The summed E-state index contributed by atoms with van der Waals surface area (Å²) >= 11 is 0. The van der Waals surface area contributed by atoms with Gasteiger partial charge in [0.05, 0.1) is 12.7 Å². The maximum Gasteiger partial charge on any atom is 0.0762 e. The molecule has 1 atom stereocenters. The van der Waals surface area contributed by atoms with Gasteiger partial charge in [0.2, 0.25) is 0 Å². The van der Waals surface area contributed by atoms with E-state index in [1.165, 1.54) is 0 Å². The molecule has 0 aliphatic heterocycles. The lowest BCUT2D eigenvalue weighted by atomic mass is 10.1. The second-order valence-corrected chi connectivity index (χ2v) is 2.58. The Balaban J connectivity index is 2.91. The van der Waals surface area contributed by atoms with Crippen LogP contribution in [0.25, 0.3) is 0 Å². The summed E-state index contributed by atoms with van der Waals surface area (Å²) < 4.78 is 0. The second kappa shape index (κ2) is 3.51. The fourth-order valence-electron chi connectivity index (χ4n) is 0.951. The Labute approximate surface area is 66.1 Å². The molecular formula is C9H12O2. The molecule has 0 saturated carbocycles. The summed E-state index contributed by atoms with van der Waals surface area (Å²) in [5.74, 6) is 0. The number of rotatable bonds is 2. The molecule has 0 bridgehead atoms. The minimum atomic E-state index is -0.457. The van der Waals surface area contributed by atoms with Crippen molar-refractivity contribution < 1.29 is 10.2 Å². The van der Waals surface area contributed by atoms with Crippen molar-refractivity contribution >= 4 is 0 Å². The molecule has 1 aromatic carbocycles. The molecule has 2 nitrogen and oxygen atoms in total. The molecule has 0 aliphatic carbocycles. The molecule has 1 rings (SSSR count). The van der Waals surface area contributed by atoms with Crippen LogP contribution < -0.4 is 0 Å². The minimum absolute atomic E-state index is 0.0283. The van der Waals surface area contributed by atoms with Crippen LogP contribution in [0.2, 0.25) is 0 Å². The summed E-state index contributed by atoms with van der Waals surface area (Å²) in [6, 6.07) is 7.29. The Bertz CT molecular complexity index is 231. The van der Waals surface area contributed by atoms with E-state index in [2.05, 4.69) is 0 Å². The van der Waals surface area contributed by atoms with Gasteiger partial charge in [0, 0.05) is 0 Å². The first-order valence-electron chi connectivity index (χ1n) is 3.62. The molecule has 2 heteroatoms. The summed E-state index contributed by atoms with van der Waals surface area (Å²) in [5, 5.41) is 17.9. The molecule has 0 amide bonds. The standard InChI is InChI=1S/C9H12O2/c1-7(11)9-4-2-3-8(5-9)6-10/h2-5,7,10-11H,6H2,1H3. The molecule has 0 heterocycles. The Hall–Kier alpha value is -0.860. The molecule has 0 fully saturated rings. The zero-order chi connectivity index (χ0) is 8.27. The van der Waals surface area contributed by atoms with Crippen LogP contribution in [0.1, 0.15) is 24.2 Å².